The second kappa shape index (κ2) is 8.61. The van der Waals surface area contributed by atoms with E-state index in [1.807, 2.05) is 35.2 Å². The van der Waals surface area contributed by atoms with E-state index in [0.717, 1.165) is 23.1 Å². The van der Waals surface area contributed by atoms with Crippen LogP contribution in [0.1, 0.15) is 0 Å². The average Bonchev–Trinajstić information content (AvgIpc) is 3.22. The molecule has 0 atom stereocenters. The second-order valence-electron chi connectivity index (χ2n) is 6.87. The lowest BCUT2D eigenvalue weighted by Gasteiger charge is -2.34. The number of anilines is 1. The molecular weight excluding hydrogens is 442 g/mol. The summed E-state index contributed by atoms with van der Waals surface area (Å²) in [6, 6.07) is 14.1. The quantitative estimate of drug-likeness (QED) is 0.399. The fourth-order valence-electron chi connectivity index (χ4n) is 3.28. The third kappa shape index (κ3) is 4.68. The summed E-state index contributed by atoms with van der Waals surface area (Å²) in [6.07, 6.45) is 1.19. The van der Waals surface area contributed by atoms with Crippen LogP contribution in [-0.2, 0) is 10.0 Å². The molecule has 162 valence electrons. The largest absolute Gasteiger partial charge is 0.369 e. The minimum atomic E-state index is -3.23. The van der Waals surface area contributed by atoms with Crippen LogP contribution in [-0.4, -0.2) is 70.3 Å². The average molecular weight is 462 g/mol. The van der Waals surface area contributed by atoms with E-state index in [9.17, 15) is 18.5 Å². The molecule has 0 amide bonds. The summed E-state index contributed by atoms with van der Waals surface area (Å²) in [4.78, 5) is 13.6. The van der Waals surface area contributed by atoms with Crippen LogP contribution in [0.25, 0.3) is 5.69 Å². The molecule has 2 aromatic carbocycles. The lowest BCUT2D eigenvalue weighted by molar-refractivity contribution is -0.387. The number of piperazine rings is 1. The van der Waals surface area contributed by atoms with Crippen molar-refractivity contribution in [1.29, 1.82) is 0 Å². The Bertz CT molecular complexity index is 1190. The molecule has 1 aliphatic heterocycles. The monoisotopic (exact) mass is 461 g/mol. The van der Waals surface area contributed by atoms with Gasteiger partial charge in [-0.3, -0.25) is 10.1 Å². The number of hydrogen-bond donors (Lipinski definition) is 0. The van der Waals surface area contributed by atoms with E-state index in [2.05, 4.69) is 15.5 Å². The highest BCUT2D eigenvalue weighted by molar-refractivity contribution is 7.99. The third-order valence-electron chi connectivity index (χ3n) is 4.86. The molecule has 4 rings (SSSR count). The Labute approximate surface area is 182 Å². The first-order chi connectivity index (χ1) is 14.8. The van der Waals surface area contributed by atoms with E-state index in [1.165, 1.54) is 21.3 Å². The third-order valence-corrected chi connectivity index (χ3v) is 7.14. The first-order valence-electron chi connectivity index (χ1n) is 9.33. The number of nitro benzene ring substituents is 1. The number of para-hydroxylation sites is 1. The van der Waals surface area contributed by atoms with Crippen molar-refractivity contribution in [3.05, 3.63) is 58.6 Å². The molecule has 1 fully saturated rings. The summed E-state index contributed by atoms with van der Waals surface area (Å²) < 4.78 is 26.4. The van der Waals surface area contributed by atoms with Crippen LogP contribution in [0.4, 0.5) is 11.4 Å². The number of aromatic nitrogens is 4. The molecule has 0 bridgehead atoms. The minimum Gasteiger partial charge on any atom is -0.369 e. The molecule has 11 nitrogen and oxygen atoms in total. The molecule has 3 aromatic rings. The molecular formula is C18H19N7O4S2. The van der Waals surface area contributed by atoms with Gasteiger partial charge >= 0.3 is 0 Å². The number of nitro groups is 1. The predicted molar refractivity (Wildman–Crippen MR) is 115 cm³/mol. The van der Waals surface area contributed by atoms with E-state index in [1.54, 1.807) is 12.1 Å². The van der Waals surface area contributed by atoms with Gasteiger partial charge in [0.15, 0.2) is 0 Å². The fourth-order valence-corrected chi connectivity index (χ4v) is 5.04. The molecule has 31 heavy (non-hydrogen) atoms. The summed E-state index contributed by atoms with van der Waals surface area (Å²) in [6.45, 7) is 1.72. The zero-order chi connectivity index (χ0) is 22.0. The second-order valence-corrected chi connectivity index (χ2v) is 9.86. The van der Waals surface area contributed by atoms with Crippen LogP contribution >= 0.6 is 11.8 Å². The van der Waals surface area contributed by atoms with E-state index >= 15 is 0 Å². The lowest BCUT2D eigenvalue weighted by atomic mass is 10.2. The smallest absolute Gasteiger partial charge is 0.283 e. The first-order valence-corrected chi connectivity index (χ1v) is 12.0. The SMILES string of the molecule is CS(=O)(=O)N1CCN(c2ccc([N+](=O)[O-])c(Sc3nnnn3-c3ccccc3)c2)CC1. The molecule has 2 heterocycles. The molecule has 0 aliphatic carbocycles. The van der Waals surface area contributed by atoms with Gasteiger partial charge in [-0.15, -0.1) is 5.10 Å². The molecule has 1 aromatic heterocycles. The number of tetrazole rings is 1. The first kappa shape index (κ1) is 21.2. The lowest BCUT2D eigenvalue weighted by Crippen LogP contribution is -2.48. The number of hydrogen-bond acceptors (Lipinski definition) is 9. The van der Waals surface area contributed by atoms with Crippen molar-refractivity contribution in [2.24, 2.45) is 0 Å². The van der Waals surface area contributed by atoms with E-state index < -0.39 is 14.9 Å². The fraction of sp³-hybridized carbons (Fsp3) is 0.278. The van der Waals surface area contributed by atoms with Gasteiger partial charge in [-0.05, 0) is 46.5 Å². The van der Waals surface area contributed by atoms with Gasteiger partial charge in [0.25, 0.3) is 5.69 Å². The van der Waals surface area contributed by atoms with Crippen LogP contribution in [0, 0.1) is 10.1 Å². The Morgan fingerprint density at radius 3 is 2.39 bits per heavy atom. The molecule has 0 saturated carbocycles. The Kier molecular flexibility index (Phi) is 5.89. The zero-order valence-corrected chi connectivity index (χ0v) is 18.2. The Balaban J connectivity index is 1.61. The molecule has 1 aliphatic rings. The molecule has 0 radical (unpaired) electrons. The Morgan fingerprint density at radius 1 is 1.03 bits per heavy atom. The van der Waals surface area contributed by atoms with Crippen molar-refractivity contribution in [1.82, 2.24) is 24.5 Å². The van der Waals surface area contributed by atoms with E-state index in [0.29, 0.717) is 36.2 Å². The molecule has 0 N–H and O–H groups in total. The van der Waals surface area contributed by atoms with Gasteiger partial charge < -0.3 is 4.90 Å². The molecule has 13 heteroatoms. The minimum absolute atomic E-state index is 0.0499. The maximum Gasteiger partial charge on any atom is 0.283 e. The highest BCUT2D eigenvalue weighted by Crippen LogP contribution is 2.37. The van der Waals surface area contributed by atoms with Gasteiger partial charge in [-0.1, -0.05) is 18.2 Å². The molecule has 0 spiro atoms. The topological polar surface area (TPSA) is 127 Å². The number of benzene rings is 2. The number of nitrogens with zero attached hydrogens (tertiary/aromatic N) is 7. The van der Waals surface area contributed by atoms with Gasteiger partial charge in [-0.2, -0.15) is 8.99 Å². The van der Waals surface area contributed by atoms with Gasteiger partial charge in [0.1, 0.15) is 0 Å². The normalized spacial score (nSPS) is 15.2. The van der Waals surface area contributed by atoms with Gasteiger partial charge in [0.05, 0.1) is 21.8 Å². The summed E-state index contributed by atoms with van der Waals surface area (Å²) in [5, 5.41) is 23.7. The van der Waals surface area contributed by atoms with Crippen molar-refractivity contribution in [2.45, 2.75) is 10.1 Å². The van der Waals surface area contributed by atoms with Crippen LogP contribution in [0.5, 0.6) is 0 Å². The van der Waals surface area contributed by atoms with Crippen molar-refractivity contribution >= 4 is 33.2 Å². The van der Waals surface area contributed by atoms with E-state index in [-0.39, 0.29) is 5.69 Å². The van der Waals surface area contributed by atoms with Crippen molar-refractivity contribution in [3.8, 4) is 5.69 Å². The van der Waals surface area contributed by atoms with Crippen LogP contribution in [0.2, 0.25) is 0 Å². The van der Waals surface area contributed by atoms with Gasteiger partial charge in [0.2, 0.25) is 15.2 Å². The van der Waals surface area contributed by atoms with Gasteiger partial charge in [0, 0.05) is 37.9 Å². The van der Waals surface area contributed by atoms with Gasteiger partial charge in [-0.25, -0.2) is 8.42 Å². The molecule has 1 saturated heterocycles. The highest BCUT2D eigenvalue weighted by Gasteiger charge is 2.25. The summed E-state index contributed by atoms with van der Waals surface area (Å²) in [5.74, 6) is 0. The standard InChI is InChI=1S/C18H19N7O4S2/c1-31(28,29)23-11-9-22(10-12-23)15-7-8-16(25(26)27)17(13-15)30-18-19-20-21-24(18)14-5-3-2-4-6-14/h2-8,13H,9-12H2,1H3. The number of sulfonamides is 1. The van der Waals surface area contributed by atoms with E-state index in [4.69, 9.17) is 0 Å². The molecule has 0 unspecified atom stereocenters. The summed E-state index contributed by atoms with van der Waals surface area (Å²) in [5.41, 5.74) is 1.47. The zero-order valence-electron chi connectivity index (χ0n) is 16.5. The maximum atomic E-state index is 11.7. The highest BCUT2D eigenvalue weighted by atomic mass is 32.2. The van der Waals surface area contributed by atoms with Crippen LogP contribution in [0.15, 0.2) is 58.6 Å². The number of rotatable bonds is 6. The maximum absolute atomic E-state index is 11.7. The summed E-state index contributed by atoms with van der Waals surface area (Å²) >= 11 is 1.11. The van der Waals surface area contributed by atoms with Crippen LogP contribution in [0.3, 0.4) is 0 Å². The Morgan fingerprint density at radius 2 is 1.74 bits per heavy atom. The predicted octanol–water partition coefficient (Wildman–Crippen LogP) is 1.80. The van der Waals surface area contributed by atoms with Crippen molar-refractivity contribution in [3.63, 3.8) is 0 Å². The Hall–Kier alpha value is -3.03. The summed E-state index contributed by atoms with van der Waals surface area (Å²) in [7, 11) is -3.23. The van der Waals surface area contributed by atoms with Crippen LogP contribution < -0.4 is 4.90 Å². The van der Waals surface area contributed by atoms with Crippen molar-refractivity contribution < 1.29 is 13.3 Å². The van der Waals surface area contributed by atoms with Crippen molar-refractivity contribution in [2.75, 3.05) is 37.3 Å².